The van der Waals surface area contributed by atoms with Gasteiger partial charge in [-0.25, -0.2) is 18.2 Å². The average molecular weight is 437 g/mol. The molecule has 2 N–H and O–H groups in total. The summed E-state index contributed by atoms with van der Waals surface area (Å²) in [7, 11) is -3.35. The van der Waals surface area contributed by atoms with Crippen LogP contribution in [-0.4, -0.2) is 54.5 Å². The molecule has 1 spiro atoms. The van der Waals surface area contributed by atoms with Gasteiger partial charge in [-0.15, -0.1) is 0 Å². The molecule has 2 heterocycles. The van der Waals surface area contributed by atoms with Crippen LogP contribution in [0.3, 0.4) is 0 Å². The second-order valence-electron chi connectivity index (χ2n) is 7.43. The van der Waals surface area contributed by atoms with Gasteiger partial charge >= 0.3 is 6.03 Å². The number of hydrogen-bond donors (Lipinski definition) is 2. The molecule has 154 valence electrons. The van der Waals surface area contributed by atoms with Gasteiger partial charge < -0.3 is 10.6 Å². The molecule has 1 aliphatic carbocycles. The number of amides is 4. The van der Waals surface area contributed by atoms with Crippen LogP contribution in [0.2, 0.25) is 0 Å². The second-order valence-corrected chi connectivity index (χ2v) is 10.5. The molecule has 1 aromatic heterocycles. The number of anilines is 1. The Hall–Kier alpha value is -2.53. The number of thiazole rings is 1. The minimum absolute atomic E-state index is 0.170. The number of imide groups is 1. The number of benzene rings is 1. The molecular formula is C18H20N4O5S2. The van der Waals surface area contributed by atoms with Crippen molar-refractivity contribution in [3.8, 4) is 0 Å². The first-order valence-corrected chi connectivity index (χ1v) is 11.9. The maximum Gasteiger partial charge on any atom is 0.325 e. The lowest BCUT2D eigenvalue weighted by molar-refractivity contribution is -0.134. The number of urea groups is 1. The van der Waals surface area contributed by atoms with Gasteiger partial charge in [0.05, 0.1) is 15.1 Å². The van der Waals surface area contributed by atoms with E-state index in [1.54, 1.807) is 6.07 Å². The van der Waals surface area contributed by atoms with Gasteiger partial charge in [0.25, 0.3) is 5.91 Å². The summed E-state index contributed by atoms with van der Waals surface area (Å²) >= 11 is 1.13. The standard InChI is InChI=1S/C18H20N4O5S2/c1-29(26,27)11-5-6-12-13(9-11)28-16(19-12)20-14(23)10-22-15(24)18(21-17(22)25)7-3-2-4-8-18/h5-6,9H,2-4,7-8,10H2,1H3,(H,21,25)(H,19,20,23). The smallest absolute Gasteiger partial charge is 0.323 e. The number of nitrogens with one attached hydrogen (secondary N) is 2. The highest BCUT2D eigenvalue weighted by atomic mass is 32.2. The minimum Gasteiger partial charge on any atom is -0.323 e. The largest absolute Gasteiger partial charge is 0.325 e. The normalized spacial score (nSPS) is 19.0. The lowest BCUT2D eigenvalue weighted by atomic mass is 9.82. The summed E-state index contributed by atoms with van der Waals surface area (Å²) < 4.78 is 24.0. The summed E-state index contributed by atoms with van der Waals surface area (Å²) in [6.45, 7) is -0.392. The molecule has 0 atom stereocenters. The zero-order valence-electron chi connectivity index (χ0n) is 15.7. The predicted molar refractivity (Wildman–Crippen MR) is 107 cm³/mol. The number of carbonyl (C=O) groups excluding carboxylic acids is 3. The average Bonchev–Trinajstić information content (AvgIpc) is 3.15. The van der Waals surface area contributed by atoms with Crippen LogP contribution in [0, 0.1) is 0 Å². The topological polar surface area (TPSA) is 126 Å². The summed E-state index contributed by atoms with van der Waals surface area (Å²) in [6.07, 6.45) is 5.08. The summed E-state index contributed by atoms with van der Waals surface area (Å²) in [5, 5.41) is 5.63. The van der Waals surface area contributed by atoms with Gasteiger partial charge in [0.1, 0.15) is 12.1 Å². The Bertz CT molecular complexity index is 1120. The fourth-order valence-corrected chi connectivity index (χ4v) is 5.45. The molecule has 1 aliphatic heterocycles. The van der Waals surface area contributed by atoms with E-state index in [0.29, 0.717) is 23.1 Å². The van der Waals surface area contributed by atoms with E-state index in [4.69, 9.17) is 0 Å². The van der Waals surface area contributed by atoms with E-state index in [-0.39, 0.29) is 15.9 Å². The molecule has 11 heteroatoms. The van der Waals surface area contributed by atoms with Crippen LogP contribution in [0.1, 0.15) is 32.1 Å². The number of rotatable bonds is 4. The van der Waals surface area contributed by atoms with E-state index < -0.39 is 33.9 Å². The Labute approximate surface area is 171 Å². The van der Waals surface area contributed by atoms with Crippen LogP contribution in [0.15, 0.2) is 23.1 Å². The molecule has 0 radical (unpaired) electrons. The second kappa shape index (κ2) is 7.06. The van der Waals surface area contributed by atoms with Gasteiger partial charge in [-0.3, -0.25) is 14.5 Å². The highest BCUT2D eigenvalue weighted by Crippen LogP contribution is 2.33. The molecule has 9 nitrogen and oxygen atoms in total. The summed E-state index contributed by atoms with van der Waals surface area (Å²) in [4.78, 5) is 42.8. The van der Waals surface area contributed by atoms with Gasteiger partial charge in [-0.2, -0.15) is 0 Å². The van der Waals surface area contributed by atoms with Gasteiger partial charge in [-0.1, -0.05) is 30.6 Å². The Morgan fingerprint density at radius 2 is 2.00 bits per heavy atom. The lowest BCUT2D eigenvalue weighted by Gasteiger charge is -2.30. The van der Waals surface area contributed by atoms with Gasteiger partial charge in [0.15, 0.2) is 15.0 Å². The van der Waals surface area contributed by atoms with Crippen LogP contribution in [-0.2, 0) is 19.4 Å². The number of carbonyl (C=O) groups is 3. The molecule has 2 aliphatic rings. The first kappa shape index (κ1) is 19.8. The van der Waals surface area contributed by atoms with E-state index in [1.807, 2.05) is 0 Å². The van der Waals surface area contributed by atoms with Crippen molar-refractivity contribution < 1.29 is 22.8 Å². The summed E-state index contributed by atoms with van der Waals surface area (Å²) in [6, 6.07) is 3.98. The van der Waals surface area contributed by atoms with Gasteiger partial charge in [0, 0.05) is 6.26 Å². The fourth-order valence-electron chi connectivity index (χ4n) is 3.81. The van der Waals surface area contributed by atoms with Crippen LogP contribution >= 0.6 is 11.3 Å². The molecule has 29 heavy (non-hydrogen) atoms. The van der Waals surface area contributed by atoms with Crippen molar-refractivity contribution in [2.24, 2.45) is 0 Å². The number of nitrogens with zero attached hydrogens (tertiary/aromatic N) is 2. The van der Waals surface area contributed by atoms with Crippen molar-refractivity contribution in [2.45, 2.75) is 42.5 Å². The van der Waals surface area contributed by atoms with Crippen molar-refractivity contribution in [1.29, 1.82) is 0 Å². The Kier molecular flexibility index (Phi) is 4.82. The SMILES string of the molecule is CS(=O)(=O)c1ccc2nc(NC(=O)CN3C(=O)NC4(CCCCC4)C3=O)sc2c1. The number of fused-ring (bicyclic) bond motifs is 1. The van der Waals surface area contributed by atoms with Crippen LogP contribution in [0.4, 0.5) is 9.93 Å². The maximum absolute atomic E-state index is 12.7. The molecule has 0 unspecified atom stereocenters. The summed E-state index contributed by atoms with van der Waals surface area (Å²) in [5.41, 5.74) is -0.318. The third kappa shape index (κ3) is 3.71. The van der Waals surface area contributed by atoms with E-state index >= 15 is 0 Å². The Balaban J connectivity index is 1.47. The Morgan fingerprint density at radius 1 is 1.28 bits per heavy atom. The lowest BCUT2D eigenvalue weighted by Crippen LogP contribution is -2.48. The van der Waals surface area contributed by atoms with Gasteiger partial charge in [0.2, 0.25) is 5.91 Å². The van der Waals surface area contributed by atoms with Crippen molar-refractivity contribution in [3.63, 3.8) is 0 Å². The molecule has 1 aromatic carbocycles. The van der Waals surface area contributed by atoms with Crippen molar-refractivity contribution >= 4 is 54.4 Å². The van der Waals surface area contributed by atoms with Crippen LogP contribution in [0.5, 0.6) is 0 Å². The highest BCUT2D eigenvalue weighted by Gasteiger charge is 2.51. The first-order valence-electron chi connectivity index (χ1n) is 9.23. The first-order chi connectivity index (χ1) is 13.7. The molecule has 0 bridgehead atoms. The summed E-state index contributed by atoms with van der Waals surface area (Å²) in [5.74, 6) is -0.886. The van der Waals surface area contributed by atoms with Crippen molar-refractivity contribution in [2.75, 3.05) is 18.1 Å². The van der Waals surface area contributed by atoms with E-state index in [2.05, 4.69) is 15.6 Å². The Morgan fingerprint density at radius 3 is 2.69 bits per heavy atom. The zero-order chi connectivity index (χ0) is 20.8. The molecule has 2 fully saturated rings. The van der Waals surface area contributed by atoms with E-state index in [1.165, 1.54) is 12.1 Å². The molecule has 1 saturated heterocycles. The molecule has 4 amide bonds. The number of hydrogen-bond acceptors (Lipinski definition) is 7. The highest BCUT2D eigenvalue weighted by molar-refractivity contribution is 7.90. The molecule has 1 saturated carbocycles. The van der Waals surface area contributed by atoms with E-state index in [9.17, 15) is 22.8 Å². The van der Waals surface area contributed by atoms with Crippen molar-refractivity contribution in [1.82, 2.24) is 15.2 Å². The van der Waals surface area contributed by atoms with Crippen molar-refractivity contribution in [3.05, 3.63) is 18.2 Å². The quantitative estimate of drug-likeness (QED) is 0.705. The predicted octanol–water partition coefficient (Wildman–Crippen LogP) is 1.89. The minimum atomic E-state index is -3.35. The third-order valence-electron chi connectivity index (χ3n) is 5.29. The van der Waals surface area contributed by atoms with Crippen LogP contribution < -0.4 is 10.6 Å². The van der Waals surface area contributed by atoms with Gasteiger partial charge in [-0.05, 0) is 31.0 Å². The van der Waals surface area contributed by atoms with E-state index in [0.717, 1.165) is 41.8 Å². The number of aromatic nitrogens is 1. The molecule has 4 rings (SSSR count). The van der Waals surface area contributed by atoms with Crippen LogP contribution in [0.25, 0.3) is 10.2 Å². The fraction of sp³-hybridized carbons (Fsp3) is 0.444. The maximum atomic E-state index is 12.7. The monoisotopic (exact) mass is 436 g/mol. The molecular weight excluding hydrogens is 416 g/mol. The number of sulfone groups is 1. The molecule has 2 aromatic rings. The third-order valence-corrected chi connectivity index (χ3v) is 7.33. The zero-order valence-corrected chi connectivity index (χ0v) is 17.4.